The second-order valence-corrected chi connectivity index (χ2v) is 10.4. The van der Waals surface area contributed by atoms with Crippen molar-refractivity contribution < 1.29 is 28.8 Å². The number of ketones is 1. The maximum absolute atomic E-state index is 12.5. The molecule has 6 heteroatoms. The van der Waals surface area contributed by atoms with E-state index in [1.165, 1.54) is 12.8 Å². The summed E-state index contributed by atoms with van der Waals surface area (Å²) in [6.45, 7) is 3.71. The molecule has 0 amide bonds. The number of rotatable bonds is 11. The van der Waals surface area contributed by atoms with E-state index < -0.39 is 0 Å². The van der Waals surface area contributed by atoms with Crippen LogP contribution >= 0.6 is 0 Å². The van der Waals surface area contributed by atoms with Crippen LogP contribution in [0.25, 0.3) is 0 Å². The van der Waals surface area contributed by atoms with E-state index in [1.54, 1.807) is 0 Å². The number of ether oxygens (including phenoxy) is 4. The Morgan fingerprint density at radius 1 is 1.06 bits per heavy atom. The van der Waals surface area contributed by atoms with Gasteiger partial charge in [0.2, 0.25) is 0 Å². The topological polar surface area (TPSA) is 74.2 Å². The quantitative estimate of drug-likeness (QED) is 0.350. The van der Waals surface area contributed by atoms with Crippen molar-refractivity contribution in [2.75, 3.05) is 19.8 Å². The highest BCUT2D eigenvalue weighted by molar-refractivity contribution is 5.84. The van der Waals surface area contributed by atoms with E-state index in [2.05, 4.69) is 19.1 Å². The summed E-state index contributed by atoms with van der Waals surface area (Å²) in [4.78, 5) is 12.5. The first-order chi connectivity index (χ1) is 16.2. The number of fused-ring (bicyclic) bond motifs is 1. The number of carbonyl (C=O) groups excluding carboxylic acids is 1. The zero-order chi connectivity index (χ0) is 23.0. The van der Waals surface area contributed by atoms with E-state index in [-0.39, 0.29) is 60.8 Å². The molecule has 2 heterocycles. The third-order valence-corrected chi connectivity index (χ3v) is 8.11. The zero-order valence-corrected chi connectivity index (χ0v) is 20.4. The molecule has 4 aliphatic rings. The Morgan fingerprint density at radius 2 is 1.82 bits per heavy atom. The molecule has 0 aromatic heterocycles. The minimum Gasteiger partial charge on any atom is -0.396 e. The van der Waals surface area contributed by atoms with E-state index in [4.69, 9.17) is 18.9 Å². The molecular weight excluding hydrogens is 420 g/mol. The van der Waals surface area contributed by atoms with Crippen LogP contribution in [0.1, 0.15) is 84.0 Å². The number of aliphatic hydroxyl groups excluding tert-OH is 1. The lowest BCUT2D eigenvalue weighted by Crippen LogP contribution is -2.31. The molecule has 6 nitrogen and oxygen atoms in total. The summed E-state index contributed by atoms with van der Waals surface area (Å²) in [5.41, 5.74) is 0. The smallest absolute Gasteiger partial charge is 0.158 e. The number of hydrogen-bond acceptors (Lipinski definition) is 6. The lowest BCUT2D eigenvalue weighted by Gasteiger charge is -2.30. The molecule has 0 aromatic carbocycles. The van der Waals surface area contributed by atoms with E-state index >= 15 is 0 Å². The fraction of sp³-hybridized carbons (Fsp3) is 0.889. The molecule has 4 rings (SSSR count). The Bertz CT molecular complexity index is 624. The lowest BCUT2D eigenvalue weighted by molar-refractivity contribution is -0.193. The van der Waals surface area contributed by atoms with Crippen molar-refractivity contribution in [1.29, 1.82) is 0 Å². The largest absolute Gasteiger partial charge is 0.396 e. The van der Waals surface area contributed by atoms with Gasteiger partial charge in [0.1, 0.15) is 5.78 Å². The van der Waals surface area contributed by atoms with Gasteiger partial charge in [0, 0.05) is 31.5 Å². The van der Waals surface area contributed by atoms with Gasteiger partial charge in [-0.15, -0.1) is 0 Å². The van der Waals surface area contributed by atoms with Crippen molar-refractivity contribution in [2.45, 2.75) is 109 Å². The highest BCUT2D eigenvalue weighted by Gasteiger charge is 2.53. The highest BCUT2D eigenvalue weighted by atomic mass is 16.7. The molecule has 0 bridgehead atoms. The molecule has 0 radical (unpaired) electrons. The van der Waals surface area contributed by atoms with Gasteiger partial charge < -0.3 is 24.1 Å². The van der Waals surface area contributed by atoms with Crippen LogP contribution in [0.4, 0.5) is 0 Å². The van der Waals surface area contributed by atoms with Crippen molar-refractivity contribution in [2.24, 2.45) is 23.7 Å². The number of carbonyl (C=O) groups is 1. The average Bonchev–Trinajstić information content (AvgIpc) is 3.32. The number of unbranched alkanes of at least 4 members (excludes halogenated alkanes) is 2. The Labute approximate surface area is 199 Å². The molecule has 8 atom stereocenters. The van der Waals surface area contributed by atoms with Gasteiger partial charge in [-0.05, 0) is 63.2 Å². The van der Waals surface area contributed by atoms with Crippen molar-refractivity contribution >= 4 is 5.78 Å². The van der Waals surface area contributed by atoms with Crippen molar-refractivity contribution in [3.63, 3.8) is 0 Å². The van der Waals surface area contributed by atoms with Gasteiger partial charge in [-0.1, -0.05) is 38.3 Å². The third kappa shape index (κ3) is 6.66. The molecule has 0 aromatic rings. The molecule has 188 valence electrons. The van der Waals surface area contributed by atoms with Gasteiger partial charge in [-0.2, -0.15) is 0 Å². The number of hydrogen-bond donors (Lipinski definition) is 1. The summed E-state index contributed by atoms with van der Waals surface area (Å²) < 4.78 is 24.6. The minimum atomic E-state index is -0.237. The Morgan fingerprint density at radius 3 is 2.48 bits per heavy atom. The molecule has 2 aliphatic heterocycles. The fourth-order valence-electron chi connectivity index (χ4n) is 6.27. The van der Waals surface area contributed by atoms with Crippen LogP contribution in [-0.2, 0) is 23.7 Å². The van der Waals surface area contributed by atoms with E-state index in [9.17, 15) is 9.90 Å². The van der Waals surface area contributed by atoms with Crippen molar-refractivity contribution in [1.82, 2.24) is 0 Å². The molecule has 2 saturated heterocycles. The monoisotopic (exact) mass is 464 g/mol. The van der Waals surface area contributed by atoms with Gasteiger partial charge in [-0.3, -0.25) is 4.79 Å². The first-order valence-electron chi connectivity index (χ1n) is 13.6. The predicted octanol–water partition coefficient (Wildman–Crippen LogP) is 4.78. The maximum atomic E-state index is 12.5. The van der Waals surface area contributed by atoms with E-state index in [0.29, 0.717) is 6.42 Å². The SMILES string of the molecule is CCCCCC(C=C[C@@H]1[C@H]2CC(=O)C(CO)[C@@H]2C[C@H]1OC1CCCCO1)OC1CCCCO1. The third-order valence-electron chi connectivity index (χ3n) is 8.11. The molecule has 1 N–H and O–H groups in total. The Kier molecular flexibility index (Phi) is 9.80. The summed E-state index contributed by atoms with van der Waals surface area (Å²) in [7, 11) is 0. The molecule has 2 saturated carbocycles. The zero-order valence-electron chi connectivity index (χ0n) is 20.4. The molecule has 4 unspecified atom stereocenters. The van der Waals surface area contributed by atoms with Crippen LogP contribution in [0.5, 0.6) is 0 Å². The summed E-state index contributed by atoms with van der Waals surface area (Å²) in [6, 6.07) is 0. The second-order valence-electron chi connectivity index (χ2n) is 10.4. The fourth-order valence-corrected chi connectivity index (χ4v) is 6.27. The van der Waals surface area contributed by atoms with E-state index in [1.807, 2.05) is 0 Å². The van der Waals surface area contributed by atoms with Crippen LogP contribution in [0.3, 0.4) is 0 Å². The maximum Gasteiger partial charge on any atom is 0.158 e. The summed E-state index contributed by atoms with van der Waals surface area (Å²) >= 11 is 0. The Balaban J connectivity index is 1.45. The molecule has 2 aliphatic carbocycles. The van der Waals surface area contributed by atoms with Gasteiger partial charge >= 0.3 is 0 Å². The van der Waals surface area contributed by atoms with Crippen LogP contribution in [0, 0.1) is 23.7 Å². The van der Waals surface area contributed by atoms with Crippen LogP contribution < -0.4 is 0 Å². The first kappa shape index (κ1) is 25.3. The minimum absolute atomic E-state index is 0.0241. The highest BCUT2D eigenvalue weighted by Crippen LogP contribution is 2.51. The predicted molar refractivity (Wildman–Crippen MR) is 125 cm³/mol. The molecule has 33 heavy (non-hydrogen) atoms. The van der Waals surface area contributed by atoms with Gasteiger partial charge in [-0.25, -0.2) is 0 Å². The van der Waals surface area contributed by atoms with Crippen molar-refractivity contribution in [3.8, 4) is 0 Å². The number of aliphatic hydroxyl groups is 1. The van der Waals surface area contributed by atoms with Crippen LogP contribution in [0.2, 0.25) is 0 Å². The van der Waals surface area contributed by atoms with E-state index in [0.717, 1.165) is 71.0 Å². The Hall–Kier alpha value is -0.790. The molecule has 0 spiro atoms. The average molecular weight is 465 g/mol. The summed E-state index contributed by atoms with van der Waals surface area (Å²) in [5.74, 6) is 0.572. The normalized spacial score (nSPS) is 38.1. The van der Waals surface area contributed by atoms with Gasteiger partial charge in [0.05, 0.1) is 18.8 Å². The van der Waals surface area contributed by atoms with Gasteiger partial charge in [0.25, 0.3) is 0 Å². The van der Waals surface area contributed by atoms with Crippen molar-refractivity contribution in [3.05, 3.63) is 12.2 Å². The summed E-state index contributed by atoms with van der Waals surface area (Å²) in [6.07, 6.45) is 16.6. The first-order valence-corrected chi connectivity index (χ1v) is 13.6. The molecular formula is C27H44O6. The summed E-state index contributed by atoms with van der Waals surface area (Å²) in [5, 5.41) is 9.86. The van der Waals surface area contributed by atoms with Crippen LogP contribution in [-0.4, -0.2) is 55.5 Å². The van der Waals surface area contributed by atoms with Gasteiger partial charge in [0.15, 0.2) is 12.6 Å². The lowest BCUT2D eigenvalue weighted by atomic mass is 9.88. The molecule has 4 fully saturated rings. The standard InChI is InChI=1S/C27H44O6/c1-2-3-4-9-19(32-26-10-5-7-14-30-26)12-13-20-21-16-24(29)23(18-28)22(21)17-25(20)33-27-11-6-8-15-31-27/h12-13,19-23,25-28H,2-11,14-18H2,1H3/t19?,20-,21-,22-,23?,25-,26?,27?/m1/s1. The second kappa shape index (κ2) is 12.8. The van der Waals surface area contributed by atoms with Crippen LogP contribution in [0.15, 0.2) is 12.2 Å². The number of Topliss-reactive ketones (excluding diaryl/α,β-unsaturated/α-hetero) is 1.